The lowest BCUT2D eigenvalue weighted by molar-refractivity contribution is 0.146. The van der Waals surface area contributed by atoms with E-state index in [-0.39, 0.29) is 16.7 Å². The van der Waals surface area contributed by atoms with Gasteiger partial charge in [-0.05, 0) is 24.6 Å². The predicted octanol–water partition coefficient (Wildman–Crippen LogP) is 2.47. The minimum atomic E-state index is -3.38. The normalized spacial score (nSPS) is 12.1. The molecule has 1 aromatic heterocycles. The number of nitrogens with zero attached hydrogens (tertiary/aromatic N) is 1. The zero-order valence-corrected chi connectivity index (χ0v) is 13.0. The van der Waals surface area contributed by atoms with Crippen molar-refractivity contribution >= 4 is 37.1 Å². The fourth-order valence-electron chi connectivity index (χ4n) is 1.66. The number of aromatic nitrogens is 1. The lowest BCUT2D eigenvalue weighted by atomic mass is 10.3. The van der Waals surface area contributed by atoms with Crippen LogP contribution in [0.1, 0.15) is 19.8 Å². The Morgan fingerprint density at radius 2 is 2.15 bits per heavy atom. The van der Waals surface area contributed by atoms with Crippen LogP contribution in [0.5, 0.6) is 0 Å². The molecule has 20 heavy (non-hydrogen) atoms. The number of anilines is 1. The lowest BCUT2D eigenvalue weighted by Gasteiger charge is -2.02. The second-order valence-electron chi connectivity index (χ2n) is 4.49. The van der Waals surface area contributed by atoms with Gasteiger partial charge in [0.05, 0.1) is 22.6 Å². The third-order valence-electron chi connectivity index (χ3n) is 2.80. The summed E-state index contributed by atoms with van der Waals surface area (Å²) in [6, 6.07) is 5.19. The quantitative estimate of drug-likeness (QED) is 0.627. The number of sulfone groups is 1. The van der Waals surface area contributed by atoms with Crippen molar-refractivity contribution in [1.82, 2.24) is 4.98 Å². The maximum atomic E-state index is 12.2. The van der Waals surface area contributed by atoms with E-state index in [1.54, 1.807) is 18.2 Å². The molecule has 0 aliphatic carbocycles. The van der Waals surface area contributed by atoms with Gasteiger partial charge in [-0.2, -0.15) is 0 Å². The summed E-state index contributed by atoms with van der Waals surface area (Å²) in [4.78, 5) is 4.16. The number of nitrogen functional groups attached to an aromatic ring is 1. The number of nitrogens with two attached hydrogens (primary N) is 1. The number of fused-ring (bicyclic) bond motifs is 1. The Kier molecular flexibility index (Phi) is 4.95. The highest BCUT2D eigenvalue weighted by atomic mass is 32.2. The molecule has 0 unspecified atom stereocenters. The van der Waals surface area contributed by atoms with Crippen molar-refractivity contribution in [3.63, 3.8) is 0 Å². The van der Waals surface area contributed by atoms with E-state index in [0.29, 0.717) is 17.8 Å². The van der Waals surface area contributed by atoms with Crippen LogP contribution in [0, 0.1) is 0 Å². The molecule has 0 amide bonds. The highest BCUT2D eigenvalue weighted by molar-refractivity contribution is 7.93. The van der Waals surface area contributed by atoms with Crippen LogP contribution in [0.2, 0.25) is 0 Å². The molecule has 0 spiro atoms. The molecule has 2 rings (SSSR count). The van der Waals surface area contributed by atoms with Gasteiger partial charge in [0, 0.05) is 12.3 Å². The number of benzene rings is 1. The maximum Gasteiger partial charge on any atom is 0.210 e. The zero-order chi connectivity index (χ0) is 14.6. The minimum Gasteiger partial charge on any atom is -0.399 e. The van der Waals surface area contributed by atoms with Crippen LogP contribution in [-0.2, 0) is 14.6 Å². The number of thiazole rings is 1. The Morgan fingerprint density at radius 1 is 1.35 bits per heavy atom. The molecule has 110 valence electrons. The van der Waals surface area contributed by atoms with E-state index < -0.39 is 9.84 Å². The molecule has 0 saturated carbocycles. The number of rotatable bonds is 7. The Morgan fingerprint density at radius 3 is 2.90 bits per heavy atom. The van der Waals surface area contributed by atoms with E-state index >= 15 is 0 Å². The summed E-state index contributed by atoms with van der Waals surface area (Å²) in [5.41, 5.74) is 6.94. The van der Waals surface area contributed by atoms with Gasteiger partial charge < -0.3 is 10.5 Å². The molecular weight excluding hydrogens is 296 g/mol. The number of unbranched alkanes of at least 4 members (excludes halogenated alkanes) is 1. The molecule has 0 saturated heterocycles. The first-order valence-electron chi connectivity index (χ1n) is 6.49. The van der Waals surface area contributed by atoms with Gasteiger partial charge >= 0.3 is 0 Å². The number of hydrogen-bond acceptors (Lipinski definition) is 6. The van der Waals surface area contributed by atoms with Crippen molar-refractivity contribution in [2.24, 2.45) is 0 Å². The summed E-state index contributed by atoms with van der Waals surface area (Å²) in [6.07, 6.45) is 1.98. The summed E-state index contributed by atoms with van der Waals surface area (Å²) in [6.45, 7) is 2.87. The molecule has 1 heterocycles. The van der Waals surface area contributed by atoms with Crippen LogP contribution in [0.4, 0.5) is 5.69 Å². The molecule has 0 radical (unpaired) electrons. The zero-order valence-electron chi connectivity index (χ0n) is 11.3. The van der Waals surface area contributed by atoms with E-state index in [9.17, 15) is 8.42 Å². The Balaban J connectivity index is 2.07. The predicted molar refractivity (Wildman–Crippen MR) is 81.8 cm³/mol. The van der Waals surface area contributed by atoms with Crippen molar-refractivity contribution in [2.45, 2.75) is 24.1 Å². The number of ether oxygens (including phenoxy) is 1. The second-order valence-corrected chi connectivity index (χ2v) is 7.81. The first-order chi connectivity index (χ1) is 9.53. The summed E-state index contributed by atoms with van der Waals surface area (Å²) in [7, 11) is -3.38. The molecule has 2 N–H and O–H groups in total. The molecule has 2 aromatic rings. The molecule has 1 aromatic carbocycles. The van der Waals surface area contributed by atoms with Gasteiger partial charge in [0.1, 0.15) is 0 Å². The summed E-state index contributed by atoms with van der Waals surface area (Å²) >= 11 is 1.15. The smallest absolute Gasteiger partial charge is 0.210 e. The molecule has 0 fully saturated rings. The van der Waals surface area contributed by atoms with E-state index in [0.717, 1.165) is 28.9 Å². The van der Waals surface area contributed by atoms with Gasteiger partial charge in [-0.3, -0.25) is 0 Å². The highest BCUT2D eigenvalue weighted by Gasteiger charge is 2.19. The lowest BCUT2D eigenvalue weighted by Crippen LogP contribution is -2.12. The minimum absolute atomic E-state index is 0.0357. The standard InChI is InChI=1S/C13H18N2O3S2/c1-2-3-6-18-7-8-20(16,17)13-15-11-5-4-10(14)9-12(11)19-13/h4-5,9H,2-3,6-8,14H2,1H3. The van der Waals surface area contributed by atoms with Gasteiger partial charge in [-0.15, -0.1) is 11.3 Å². The van der Waals surface area contributed by atoms with E-state index in [1.165, 1.54) is 0 Å². The van der Waals surface area contributed by atoms with E-state index in [2.05, 4.69) is 11.9 Å². The van der Waals surface area contributed by atoms with Gasteiger partial charge in [-0.25, -0.2) is 13.4 Å². The second kappa shape index (κ2) is 6.51. The average molecular weight is 314 g/mol. The van der Waals surface area contributed by atoms with Crippen LogP contribution in [-0.4, -0.2) is 32.4 Å². The van der Waals surface area contributed by atoms with Gasteiger partial charge in [-0.1, -0.05) is 13.3 Å². The van der Waals surface area contributed by atoms with Crippen molar-refractivity contribution in [3.8, 4) is 0 Å². The SMILES string of the molecule is CCCCOCCS(=O)(=O)c1nc2ccc(N)cc2s1. The largest absolute Gasteiger partial charge is 0.399 e. The topological polar surface area (TPSA) is 82.3 Å². The van der Waals surface area contributed by atoms with E-state index in [4.69, 9.17) is 10.5 Å². The maximum absolute atomic E-state index is 12.2. The summed E-state index contributed by atoms with van der Waals surface area (Å²) in [5, 5.41) is 0. The Labute approximate surface area is 122 Å². The molecule has 0 atom stereocenters. The third kappa shape index (κ3) is 3.68. The summed E-state index contributed by atoms with van der Waals surface area (Å²) < 4.78 is 30.5. The Hall–Kier alpha value is -1.18. The van der Waals surface area contributed by atoms with Crippen LogP contribution in [0.25, 0.3) is 10.2 Å². The van der Waals surface area contributed by atoms with Gasteiger partial charge in [0.25, 0.3) is 0 Å². The highest BCUT2D eigenvalue weighted by Crippen LogP contribution is 2.27. The van der Waals surface area contributed by atoms with Crippen LogP contribution in [0.3, 0.4) is 0 Å². The number of hydrogen-bond donors (Lipinski definition) is 1. The summed E-state index contributed by atoms with van der Waals surface area (Å²) in [5.74, 6) is -0.0357. The van der Waals surface area contributed by atoms with Gasteiger partial charge in [0.15, 0.2) is 0 Å². The molecule has 0 aliphatic heterocycles. The molecule has 7 heteroatoms. The van der Waals surface area contributed by atoms with Crippen molar-refractivity contribution < 1.29 is 13.2 Å². The molecular formula is C13H18N2O3S2. The first kappa shape index (κ1) is 15.2. The fraction of sp³-hybridized carbons (Fsp3) is 0.462. The van der Waals surface area contributed by atoms with Crippen LogP contribution in [0.15, 0.2) is 22.5 Å². The third-order valence-corrected chi connectivity index (χ3v) is 5.95. The van der Waals surface area contributed by atoms with Crippen molar-refractivity contribution in [3.05, 3.63) is 18.2 Å². The van der Waals surface area contributed by atoms with Crippen molar-refractivity contribution in [1.29, 1.82) is 0 Å². The van der Waals surface area contributed by atoms with Crippen LogP contribution < -0.4 is 5.73 Å². The van der Waals surface area contributed by atoms with E-state index in [1.807, 2.05) is 0 Å². The first-order valence-corrected chi connectivity index (χ1v) is 8.96. The Bertz CT molecular complexity index is 680. The molecule has 0 aliphatic rings. The molecule has 0 bridgehead atoms. The van der Waals surface area contributed by atoms with Crippen LogP contribution >= 0.6 is 11.3 Å². The monoisotopic (exact) mass is 314 g/mol. The van der Waals surface area contributed by atoms with Gasteiger partial charge in [0.2, 0.25) is 14.2 Å². The average Bonchev–Trinajstić information content (AvgIpc) is 2.82. The molecule has 5 nitrogen and oxygen atoms in total. The fourth-order valence-corrected chi connectivity index (χ4v) is 4.18. The van der Waals surface area contributed by atoms with Crippen molar-refractivity contribution in [2.75, 3.05) is 24.7 Å².